The van der Waals surface area contributed by atoms with E-state index in [4.69, 9.17) is 9.26 Å². The second-order valence-electron chi connectivity index (χ2n) is 6.62. The number of benzene rings is 2. The maximum atomic E-state index is 13.1. The molecule has 2 aromatic carbocycles. The molecule has 0 atom stereocenters. The molecule has 0 saturated heterocycles. The van der Waals surface area contributed by atoms with Crippen LogP contribution in [0.25, 0.3) is 10.4 Å². The Morgan fingerprint density at radius 1 is 1.00 bits per heavy atom. The van der Waals surface area contributed by atoms with Gasteiger partial charge < -0.3 is 9.26 Å². The fourth-order valence-corrected chi connectivity index (χ4v) is 3.63. The van der Waals surface area contributed by atoms with Crippen molar-refractivity contribution in [2.75, 3.05) is 0 Å². The molecule has 2 heterocycles. The van der Waals surface area contributed by atoms with Crippen molar-refractivity contribution in [1.82, 2.24) is 21.0 Å². The zero-order valence-corrected chi connectivity index (χ0v) is 17.6. The summed E-state index contributed by atoms with van der Waals surface area (Å²) in [7, 11) is 0. The van der Waals surface area contributed by atoms with E-state index < -0.39 is 11.8 Å². The number of aromatic nitrogens is 2. The van der Waals surface area contributed by atoms with Crippen LogP contribution in [0.15, 0.2) is 65.2 Å². The van der Waals surface area contributed by atoms with E-state index in [0.29, 0.717) is 27.9 Å². The van der Waals surface area contributed by atoms with E-state index in [1.807, 2.05) is 0 Å². The maximum absolute atomic E-state index is 13.1. The first-order chi connectivity index (χ1) is 15.5. The number of carbonyl (C=O) groups is 2. The van der Waals surface area contributed by atoms with Crippen LogP contribution >= 0.6 is 11.3 Å². The molecule has 8 nitrogen and oxygen atoms in total. The second-order valence-corrected chi connectivity index (χ2v) is 7.71. The minimum absolute atomic E-state index is 0.139. The first-order valence-electron chi connectivity index (χ1n) is 9.46. The highest BCUT2D eigenvalue weighted by atomic mass is 32.1. The zero-order valence-electron chi connectivity index (χ0n) is 16.8. The third-order valence-corrected chi connectivity index (χ3v) is 5.44. The predicted octanol–water partition coefficient (Wildman–Crippen LogP) is 3.90. The van der Waals surface area contributed by atoms with E-state index in [1.165, 1.54) is 23.5 Å². The Hall–Kier alpha value is -4.05. The minimum Gasteiger partial charge on any atom is -0.485 e. The van der Waals surface area contributed by atoms with Gasteiger partial charge in [-0.25, -0.2) is 4.39 Å². The van der Waals surface area contributed by atoms with Crippen molar-refractivity contribution < 1.29 is 23.2 Å². The summed E-state index contributed by atoms with van der Waals surface area (Å²) in [6, 6.07) is 15.8. The number of amides is 2. The third-order valence-electron chi connectivity index (χ3n) is 4.30. The summed E-state index contributed by atoms with van der Waals surface area (Å²) in [5, 5.41) is 3.73. The van der Waals surface area contributed by atoms with Gasteiger partial charge in [0.15, 0.2) is 6.61 Å². The molecule has 2 aromatic heterocycles. The quantitative estimate of drug-likeness (QED) is 0.430. The van der Waals surface area contributed by atoms with E-state index >= 15 is 0 Å². The summed E-state index contributed by atoms with van der Waals surface area (Å²) in [5.41, 5.74) is 5.91. The summed E-state index contributed by atoms with van der Waals surface area (Å²) in [4.78, 5) is 29.9. The number of halogens is 1. The SMILES string of the molecule is Cc1nc(COc2ccc(C(=O)NNC(=O)c3ccc(-c4ccc(F)cc4)s3)cc2)no1. The number of carbonyl (C=O) groups excluding carboxylic acids is 2. The number of thiophene rings is 1. The van der Waals surface area contributed by atoms with Crippen molar-refractivity contribution in [3.63, 3.8) is 0 Å². The molecule has 2 N–H and O–H groups in total. The number of nitrogens with zero attached hydrogens (tertiary/aromatic N) is 2. The highest BCUT2D eigenvalue weighted by Crippen LogP contribution is 2.28. The Bertz CT molecular complexity index is 1240. The van der Waals surface area contributed by atoms with Gasteiger partial charge in [-0.15, -0.1) is 11.3 Å². The molecule has 0 aliphatic rings. The lowest BCUT2D eigenvalue weighted by Crippen LogP contribution is -2.41. The van der Waals surface area contributed by atoms with Gasteiger partial charge in [-0.1, -0.05) is 17.3 Å². The van der Waals surface area contributed by atoms with Crippen LogP contribution in [0.1, 0.15) is 31.7 Å². The minimum atomic E-state index is -0.478. The van der Waals surface area contributed by atoms with Crippen molar-refractivity contribution in [2.24, 2.45) is 0 Å². The van der Waals surface area contributed by atoms with Crippen molar-refractivity contribution in [2.45, 2.75) is 13.5 Å². The van der Waals surface area contributed by atoms with Crippen LogP contribution in [0.2, 0.25) is 0 Å². The Balaban J connectivity index is 1.29. The summed E-state index contributed by atoms with van der Waals surface area (Å²) in [6.45, 7) is 1.82. The van der Waals surface area contributed by atoms with Crippen LogP contribution in [0.5, 0.6) is 5.75 Å². The fraction of sp³-hybridized carbons (Fsp3) is 0.0909. The number of ether oxygens (including phenoxy) is 1. The lowest BCUT2D eigenvalue weighted by molar-refractivity contribution is 0.0849. The number of hydrogen-bond acceptors (Lipinski definition) is 7. The molecule has 0 aliphatic heterocycles. The normalized spacial score (nSPS) is 10.6. The topological polar surface area (TPSA) is 106 Å². The van der Waals surface area contributed by atoms with E-state index in [2.05, 4.69) is 21.0 Å². The number of aryl methyl sites for hydroxylation is 1. The van der Waals surface area contributed by atoms with Gasteiger partial charge in [0.25, 0.3) is 11.8 Å². The predicted molar refractivity (Wildman–Crippen MR) is 114 cm³/mol. The third kappa shape index (κ3) is 5.16. The molecular weight excluding hydrogens is 435 g/mol. The Kier molecular flexibility index (Phi) is 6.22. The highest BCUT2D eigenvalue weighted by molar-refractivity contribution is 7.17. The number of hydrazine groups is 1. The van der Waals surface area contributed by atoms with Gasteiger partial charge in [0.1, 0.15) is 11.6 Å². The number of hydrogen-bond donors (Lipinski definition) is 2. The molecule has 0 spiro atoms. The molecule has 0 fully saturated rings. The van der Waals surface area contributed by atoms with E-state index in [1.54, 1.807) is 55.5 Å². The lowest BCUT2D eigenvalue weighted by Gasteiger charge is -2.07. The fourth-order valence-electron chi connectivity index (χ4n) is 2.73. The zero-order chi connectivity index (χ0) is 22.5. The molecule has 162 valence electrons. The van der Waals surface area contributed by atoms with E-state index in [0.717, 1.165) is 10.4 Å². The molecule has 0 radical (unpaired) electrons. The van der Waals surface area contributed by atoms with Crippen LogP contribution in [0.4, 0.5) is 4.39 Å². The second kappa shape index (κ2) is 9.40. The van der Waals surface area contributed by atoms with E-state index in [9.17, 15) is 14.0 Å². The monoisotopic (exact) mass is 452 g/mol. The molecule has 0 aliphatic carbocycles. The van der Waals surface area contributed by atoms with Gasteiger partial charge >= 0.3 is 0 Å². The molecule has 4 rings (SSSR count). The van der Waals surface area contributed by atoms with Crippen LogP contribution in [-0.2, 0) is 6.61 Å². The molecular formula is C22H17FN4O4S. The lowest BCUT2D eigenvalue weighted by atomic mass is 10.2. The summed E-state index contributed by atoms with van der Waals surface area (Å²) in [5.74, 6) is 0.142. The number of rotatable bonds is 6. The average molecular weight is 452 g/mol. The molecule has 0 saturated carbocycles. The van der Waals surface area contributed by atoms with Crippen molar-refractivity contribution >= 4 is 23.2 Å². The molecule has 4 aromatic rings. The maximum Gasteiger partial charge on any atom is 0.279 e. The van der Waals surface area contributed by atoms with Crippen molar-refractivity contribution in [3.8, 4) is 16.2 Å². The van der Waals surface area contributed by atoms with Crippen LogP contribution < -0.4 is 15.6 Å². The molecule has 2 amide bonds. The van der Waals surface area contributed by atoms with Gasteiger partial charge in [-0.3, -0.25) is 20.4 Å². The van der Waals surface area contributed by atoms with Gasteiger partial charge in [-0.2, -0.15) is 4.98 Å². The van der Waals surface area contributed by atoms with Gasteiger partial charge in [-0.05, 0) is 54.1 Å². The Morgan fingerprint density at radius 2 is 1.72 bits per heavy atom. The molecule has 0 bridgehead atoms. The largest absolute Gasteiger partial charge is 0.485 e. The summed E-state index contributed by atoms with van der Waals surface area (Å²) < 4.78 is 23.5. The Labute approximate surface area is 186 Å². The Morgan fingerprint density at radius 3 is 2.41 bits per heavy atom. The summed E-state index contributed by atoms with van der Waals surface area (Å²) in [6.07, 6.45) is 0. The highest BCUT2D eigenvalue weighted by Gasteiger charge is 2.13. The molecule has 10 heteroatoms. The number of nitrogens with one attached hydrogen (secondary N) is 2. The van der Waals surface area contributed by atoms with Crippen LogP contribution in [0.3, 0.4) is 0 Å². The van der Waals surface area contributed by atoms with Crippen molar-refractivity contribution in [3.05, 3.63) is 88.6 Å². The van der Waals surface area contributed by atoms with Gasteiger partial charge in [0, 0.05) is 17.4 Å². The van der Waals surface area contributed by atoms with Gasteiger partial charge in [0.2, 0.25) is 11.7 Å². The standard InChI is InChI=1S/C22H17FN4O4S/c1-13-24-20(27-31-13)12-30-17-8-4-15(5-9-17)21(28)25-26-22(29)19-11-10-18(32-19)14-2-6-16(23)7-3-14/h2-11H,12H2,1H3,(H,25,28)(H,26,29). The first-order valence-corrected chi connectivity index (χ1v) is 10.3. The van der Waals surface area contributed by atoms with Crippen molar-refractivity contribution in [1.29, 1.82) is 0 Å². The van der Waals surface area contributed by atoms with Crippen LogP contribution in [-0.4, -0.2) is 22.0 Å². The van der Waals surface area contributed by atoms with E-state index in [-0.39, 0.29) is 12.4 Å². The van der Waals surface area contributed by atoms with Crippen LogP contribution in [0, 0.1) is 12.7 Å². The summed E-state index contributed by atoms with van der Waals surface area (Å²) >= 11 is 1.24. The molecule has 32 heavy (non-hydrogen) atoms. The van der Waals surface area contributed by atoms with Gasteiger partial charge in [0.05, 0.1) is 4.88 Å². The smallest absolute Gasteiger partial charge is 0.279 e. The average Bonchev–Trinajstić information content (AvgIpc) is 3.46. The first kappa shape index (κ1) is 21.2. The molecule has 0 unspecified atom stereocenters.